The molecule has 3 rings (SSSR count). The molecule has 122 valence electrons. The predicted molar refractivity (Wildman–Crippen MR) is 84.6 cm³/mol. The third-order valence-corrected chi connectivity index (χ3v) is 4.72. The molecule has 0 fully saturated rings. The Hall–Kier alpha value is -2.42. The molecule has 3 aromatic rings. The van der Waals surface area contributed by atoms with E-state index in [0.717, 1.165) is 5.52 Å². The van der Waals surface area contributed by atoms with Crippen molar-refractivity contribution < 1.29 is 13.0 Å². The Bertz CT molecular complexity index is 942. The summed E-state index contributed by atoms with van der Waals surface area (Å²) >= 11 is 0. The van der Waals surface area contributed by atoms with E-state index >= 15 is 0 Å². The summed E-state index contributed by atoms with van der Waals surface area (Å²) in [7, 11) is -3.92. The lowest BCUT2D eigenvalue weighted by molar-refractivity contribution is 0.295. The third kappa shape index (κ3) is 2.67. The number of nitrogens with zero attached hydrogens (tertiary/aromatic N) is 4. The zero-order valence-corrected chi connectivity index (χ0v) is 13.8. The van der Waals surface area contributed by atoms with Crippen molar-refractivity contribution in [2.75, 3.05) is 4.72 Å². The molecule has 0 saturated carbocycles. The van der Waals surface area contributed by atoms with Crippen LogP contribution in [-0.4, -0.2) is 28.3 Å². The number of aryl methyl sites for hydroxylation is 1. The predicted octanol–water partition coefficient (Wildman–Crippen LogP) is 2.36. The van der Waals surface area contributed by atoms with Crippen LogP contribution >= 0.6 is 0 Å². The van der Waals surface area contributed by atoms with Crippen molar-refractivity contribution in [1.82, 2.24) is 19.9 Å². The van der Waals surface area contributed by atoms with Gasteiger partial charge in [0.2, 0.25) is 11.0 Å². The number of hydrogen-bond acceptors (Lipinski definition) is 6. The fourth-order valence-corrected chi connectivity index (χ4v) is 3.53. The maximum atomic E-state index is 12.6. The van der Waals surface area contributed by atoms with Gasteiger partial charge in [-0.05, 0) is 37.6 Å². The van der Waals surface area contributed by atoms with Crippen molar-refractivity contribution >= 4 is 27.0 Å². The number of para-hydroxylation sites is 2. The van der Waals surface area contributed by atoms with Gasteiger partial charge in [-0.3, -0.25) is 0 Å². The zero-order valence-electron chi connectivity index (χ0n) is 13.0. The second-order valence-corrected chi connectivity index (χ2v) is 6.96. The molecule has 0 aliphatic heterocycles. The SMILES string of the molecule is CCc1nonc1S(=O)(=O)Nc1nc2ccccc2n1C(C)C. The molecule has 0 unspecified atom stereocenters. The van der Waals surface area contributed by atoms with Crippen LogP contribution in [0.1, 0.15) is 32.5 Å². The van der Waals surface area contributed by atoms with Gasteiger partial charge in [0.25, 0.3) is 10.0 Å². The highest BCUT2D eigenvalue weighted by molar-refractivity contribution is 7.92. The van der Waals surface area contributed by atoms with E-state index in [2.05, 4.69) is 24.6 Å². The van der Waals surface area contributed by atoms with Gasteiger partial charge in [0.15, 0.2) is 0 Å². The van der Waals surface area contributed by atoms with Crippen LogP contribution in [0.3, 0.4) is 0 Å². The van der Waals surface area contributed by atoms with E-state index in [1.54, 1.807) is 6.92 Å². The van der Waals surface area contributed by atoms with E-state index in [-0.39, 0.29) is 22.7 Å². The van der Waals surface area contributed by atoms with Crippen LogP contribution in [0.15, 0.2) is 33.9 Å². The Labute approximate surface area is 133 Å². The third-order valence-electron chi connectivity index (χ3n) is 3.45. The molecular weight excluding hydrogens is 318 g/mol. The molecule has 1 aromatic carbocycles. The summed E-state index contributed by atoms with van der Waals surface area (Å²) in [6.45, 7) is 5.70. The highest BCUT2D eigenvalue weighted by Gasteiger charge is 2.26. The molecule has 1 N–H and O–H groups in total. The standard InChI is InChI=1S/C14H17N5O3S/c1-4-10-13(17-22-16-10)23(20,21)18-14-15-11-7-5-6-8-12(11)19(14)9(2)3/h5-9H,4H2,1-3H3,(H,15,18). The minimum atomic E-state index is -3.92. The first-order valence-corrected chi connectivity index (χ1v) is 8.73. The average Bonchev–Trinajstić information content (AvgIpc) is 3.10. The molecule has 0 aliphatic rings. The molecule has 0 aliphatic carbocycles. The molecule has 0 bridgehead atoms. The molecule has 0 radical (unpaired) electrons. The van der Waals surface area contributed by atoms with Gasteiger partial charge in [0, 0.05) is 6.04 Å². The van der Waals surface area contributed by atoms with Crippen molar-refractivity contribution in [2.45, 2.75) is 38.3 Å². The smallest absolute Gasteiger partial charge is 0.287 e. The molecule has 9 heteroatoms. The van der Waals surface area contributed by atoms with Crippen LogP contribution in [0.2, 0.25) is 0 Å². The van der Waals surface area contributed by atoms with Gasteiger partial charge in [0.05, 0.1) is 11.0 Å². The first kappa shape index (κ1) is 15.5. The molecule has 23 heavy (non-hydrogen) atoms. The molecule has 2 heterocycles. The van der Waals surface area contributed by atoms with Crippen molar-refractivity contribution in [1.29, 1.82) is 0 Å². The highest BCUT2D eigenvalue weighted by atomic mass is 32.2. The summed E-state index contributed by atoms with van der Waals surface area (Å²) in [6.07, 6.45) is 0.403. The van der Waals surface area contributed by atoms with Gasteiger partial charge in [-0.2, -0.15) is 8.42 Å². The van der Waals surface area contributed by atoms with E-state index in [9.17, 15) is 8.42 Å². The Morgan fingerprint density at radius 1 is 1.26 bits per heavy atom. The quantitative estimate of drug-likeness (QED) is 0.768. The van der Waals surface area contributed by atoms with Gasteiger partial charge < -0.3 is 4.57 Å². The van der Waals surface area contributed by atoms with Gasteiger partial charge in [-0.25, -0.2) is 14.3 Å². The summed E-state index contributed by atoms with van der Waals surface area (Å²) in [4.78, 5) is 4.38. The molecule has 0 amide bonds. The number of benzene rings is 1. The maximum Gasteiger partial charge on any atom is 0.287 e. The number of hydrogen-bond donors (Lipinski definition) is 1. The van der Waals surface area contributed by atoms with Gasteiger partial charge >= 0.3 is 0 Å². The molecule has 8 nitrogen and oxygen atoms in total. The lowest BCUT2D eigenvalue weighted by atomic mass is 10.3. The van der Waals surface area contributed by atoms with E-state index < -0.39 is 10.0 Å². The zero-order chi connectivity index (χ0) is 16.6. The first-order valence-electron chi connectivity index (χ1n) is 7.25. The lowest BCUT2D eigenvalue weighted by Gasteiger charge is -2.13. The maximum absolute atomic E-state index is 12.6. The first-order chi connectivity index (χ1) is 10.9. The van der Waals surface area contributed by atoms with Crippen molar-refractivity contribution in [2.24, 2.45) is 0 Å². The number of anilines is 1. The van der Waals surface area contributed by atoms with E-state index in [4.69, 9.17) is 0 Å². The molecule has 2 aromatic heterocycles. The Morgan fingerprint density at radius 3 is 2.70 bits per heavy atom. The summed E-state index contributed by atoms with van der Waals surface area (Å²) in [6, 6.07) is 7.50. The van der Waals surface area contributed by atoms with Crippen LogP contribution in [0.5, 0.6) is 0 Å². The fourth-order valence-electron chi connectivity index (χ4n) is 2.43. The number of fused-ring (bicyclic) bond motifs is 1. The molecular formula is C14H17N5O3S. The van der Waals surface area contributed by atoms with Gasteiger partial charge in [-0.15, -0.1) is 0 Å². The number of rotatable bonds is 5. The minimum absolute atomic E-state index is 0.0289. The number of sulfonamides is 1. The molecule has 0 atom stereocenters. The van der Waals surface area contributed by atoms with Crippen LogP contribution in [0, 0.1) is 0 Å². The summed E-state index contributed by atoms with van der Waals surface area (Å²) < 4.78 is 34.0. The summed E-state index contributed by atoms with van der Waals surface area (Å²) in [5, 5.41) is 6.91. The molecule has 0 spiro atoms. The van der Waals surface area contributed by atoms with Crippen LogP contribution < -0.4 is 4.72 Å². The second kappa shape index (κ2) is 5.65. The van der Waals surface area contributed by atoms with Crippen LogP contribution in [-0.2, 0) is 16.4 Å². The van der Waals surface area contributed by atoms with Crippen molar-refractivity contribution in [3.05, 3.63) is 30.0 Å². The van der Waals surface area contributed by atoms with E-state index in [1.165, 1.54) is 0 Å². The normalized spacial score (nSPS) is 12.2. The fraction of sp³-hybridized carbons (Fsp3) is 0.357. The second-order valence-electron chi connectivity index (χ2n) is 5.36. The Morgan fingerprint density at radius 2 is 2.00 bits per heavy atom. The van der Waals surface area contributed by atoms with Crippen LogP contribution in [0.4, 0.5) is 5.95 Å². The van der Waals surface area contributed by atoms with Gasteiger partial charge in [-0.1, -0.05) is 24.2 Å². The van der Waals surface area contributed by atoms with Crippen LogP contribution in [0.25, 0.3) is 11.0 Å². The average molecular weight is 335 g/mol. The summed E-state index contributed by atoms with van der Waals surface area (Å²) in [5.41, 5.74) is 1.85. The number of aromatic nitrogens is 4. The Balaban J connectivity index is 2.09. The van der Waals surface area contributed by atoms with Gasteiger partial charge in [0.1, 0.15) is 5.69 Å². The van der Waals surface area contributed by atoms with E-state index in [1.807, 2.05) is 42.7 Å². The number of nitrogens with one attached hydrogen (secondary N) is 1. The number of imidazole rings is 1. The lowest BCUT2D eigenvalue weighted by Crippen LogP contribution is -2.19. The topological polar surface area (TPSA) is 103 Å². The largest absolute Gasteiger partial charge is 0.307 e. The minimum Gasteiger partial charge on any atom is -0.307 e. The van der Waals surface area contributed by atoms with Crippen molar-refractivity contribution in [3.8, 4) is 0 Å². The van der Waals surface area contributed by atoms with Crippen molar-refractivity contribution in [3.63, 3.8) is 0 Å². The Kier molecular flexibility index (Phi) is 3.80. The van der Waals surface area contributed by atoms with E-state index in [0.29, 0.717) is 11.9 Å². The highest BCUT2D eigenvalue weighted by Crippen LogP contribution is 2.26. The monoisotopic (exact) mass is 335 g/mol. The summed E-state index contributed by atoms with van der Waals surface area (Å²) in [5.74, 6) is 0.242. The molecule has 0 saturated heterocycles.